The minimum absolute atomic E-state index is 0.0927. The van der Waals surface area contributed by atoms with Gasteiger partial charge in [0.15, 0.2) is 0 Å². The lowest BCUT2D eigenvalue weighted by molar-refractivity contribution is 0.0950. The van der Waals surface area contributed by atoms with Crippen molar-refractivity contribution >= 4 is 16.7 Å². The minimum atomic E-state index is -0.918. The van der Waals surface area contributed by atoms with Gasteiger partial charge in [-0.15, -0.1) is 0 Å². The summed E-state index contributed by atoms with van der Waals surface area (Å²) in [4.78, 5) is 15.2. The van der Waals surface area contributed by atoms with E-state index >= 15 is 0 Å². The quantitative estimate of drug-likeness (QED) is 0.770. The Morgan fingerprint density at radius 3 is 2.68 bits per heavy atom. The van der Waals surface area contributed by atoms with Crippen LogP contribution in [0.5, 0.6) is 0 Å². The lowest BCUT2D eigenvalue weighted by Crippen LogP contribution is -2.37. The first kappa shape index (κ1) is 20.7. The molecular formula is C23H30N2O2S. The highest BCUT2D eigenvalue weighted by molar-refractivity contribution is 7.83. The molecule has 5 heteroatoms. The van der Waals surface area contributed by atoms with E-state index in [0.29, 0.717) is 23.9 Å². The van der Waals surface area contributed by atoms with Crippen molar-refractivity contribution in [2.45, 2.75) is 51.1 Å². The Labute approximate surface area is 170 Å². The second-order valence-electron chi connectivity index (χ2n) is 7.68. The third-order valence-electron chi connectivity index (χ3n) is 5.43. The monoisotopic (exact) mass is 398 g/mol. The fourth-order valence-corrected chi connectivity index (χ4v) is 4.46. The molecule has 3 rings (SSSR count). The number of amides is 1. The molecule has 1 aliphatic heterocycles. The first-order chi connectivity index (χ1) is 13.5. The summed E-state index contributed by atoms with van der Waals surface area (Å²) >= 11 is 0. The smallest absolute Gasteiger partial charge is 0.251 e. The molecular weight excluding hydrogens is 368 g/mol. The molecule has 0 radical (unpaired) electrons. The topological polar surface area (TPSA) is 49.4 Å². The summed E-state index contributed by atoms with van der Waals surface area (Å²) in [5.74, 6) is 0.378. The van der Waals surface area contributed by atoms with Gasteiger partial charge in [-0.2, -0.15) is 0 Å². The van der Waals surface area contributed by atoms with Crippen LogP contribution >= 0.6 is 0 Å². The van der Waals surface area contributed by atoms with Crippen molar-refractivity contribution in [3.63, 3.8) is 0 Å². The van der Waals surface area contributed by atoms with Crippen LogP contribution in [0.3, 0.4) is 0 Å². The highest BCUT2D eigenvalue weighted by Gasteiger charge is 2.19. The zero-order chi connectivity index (χ0) is 19.9. The van der Waals surface area contributed by atoms with Gasteiger partial charge in [0.05, 0.1) is 0 Å². The second kappa shape index (κ2) is 9.99. The van der Waals surface area contributed by atoms with Crippen LogP contribution in [0.1, 0.15) is 53.2 Å². The third-order valence-corrected chi connectivity index (χ3v) is 6.17. The molecule has 1 aliphatic rings. The van der Waals surface area contributed by atoms with Crippen LogP contribution in [-0.2, 0) is 29.6 Å². The number of rotatable bonds is 7. The number of piperidine rings is 1. The van der Waals surface area contributed by atoms with E-state index in [4.69, 9.17) is 0 Å². The van der Waals surface area contributed by atoms with Crippen molar-refractivity contribution in [3.8, 4) is 0 Å². The number of carbonyl (C=O) groups excluding carboxylic acids is 1. The van der Waals surface area contributed by atoms with E-state index in [1.165, 1.54) is 30.4 Å². The van der Waals surface area contributed by atoms with Gasteiger partial charge in [-0.3, -0.25) is 13.9 Å². The van der Waals surface area contributed by atoms with Gasteiger partial charge in [0.25, 0.3) is 5.91 Å². The van der Waals surface area contributed by atoms with E-state index in [0.717, 1.165) is 18.7 Å². The number of carbonyl (C=O) groups is 1. The zero-order valence-corrected chi connectivity index (χ0v) is 17.6. The summed E-state index contributed by atoms with van der Waals surface area (Å²) in [7, 11) is -0.918. The van der Waals surface area contributed by atoms with Gasteiger partial charge in [-0.1, -0.05) is 42.8 Å². The Bertz CT molecular complexity index is 837. The van der Waals surface area contributed by atoms with E-state index in [2.05, 4.69) is 35.3 Å². The molecule has 150 valence electrons. The van der Waals surface area contributed by atoms with Crippen LogP contribution in [-0.4, -0.2) is 33.9 Å². The van der Waals surface area contributed by atoms with Crippen LogP contribution in [0.15, 0.2) is 48.5 Å². The van der Waals surface area contributed by atoms with Gasteiger partial charge in [0.2, 0.25) is 0 Å². The normalized spacial score (nSPS) is 18.6. The number of benzene rings is 2. The molecule has 1 heterocycles. The number of likely N-dealkylation sites (tertiary alicyclic amines) is 1. The van der Waals surface area contributed by atoms with Crippen molar-refractivity contribution in [3.05, 3.63) is 70.8 Å². The standard InChI is InChI=1S/C23H30N2O2S/c1-18-8-5-6-13-25(18)16-22-11-4-3-10-21(22)15-24-23(26)20-12-7-9-19(14-20)17-28(2)27/h3-4,7,9-12,14,18H,5-6,8,13,15-17H2,1-2H3,(H,24,26)/t18-,28+/m0/s1. The van der Waals surface area contributed by atoms with E-state index in [-0.39, 0.29) is 5.91 Å². The van der Waals surface area contributed by atoms with Crippen molar-refractivity contribution in [2.24, 2.45) is 0 Å². The van der Waals surface area contributed by atoms with Crippen molar-refractivity contribution in [2.75, 3.05) is 12.8 Å². The molecule has 0 spiro atoms. The number of nitrogens with zero attached hydrogens (tertiary/aromatic N) is 1. The molecule has 4 nitrogen and oxygen atoms in total. The van der Waals surface area contributed by atoms with E-state index < -0.39 is 10.8 Å². The first-order valence-electron chi connectivity index (χ1n) is 10.0. The molecule has 1 saturated heterocycles. The van der Waals surface area contributed by atoms with Crippen molar-refractivity contribution in [1.29, 1.82) is 0 Å². The number of hydrogen-bond acceptors (Lipinski definition) is 3. The summed E-state index contributed by atoms with van der Waals surface area (Å²) < 4.78 is 11.4. The molecule has 1 N–H and O–H groups in total. The van der Waals surface area contributed by atoms with Gasteiger partial charge in [-0.05, 0) is 55.1 Å². The van der Waals surface area contributed by atoms with Gasteiger partial charge in [-0.25, -0.2) is 0 Å². The molecule has 1 fully saturated rings. The Hall–Kier alpha value is -1.98. The predicted molar refractivity (Wildman–Crippen MR) is 116 cm³/mol. The average Bonchev–Trinajstić information content (AvgIpc) is 2.68. The first-order valence-corrected chi connectivity index (χ1v) is 11.7. The molecule has 1 amide bonds. The molecule has 2 aromatic rings. The van der Waals surface area contributed by atoms with Gasteiger partial charge in [0.1, 0.15) is 0 Å². The van der Waals surface area contributed by atoms with Crippen molar-refractivity contribution in [1.82, 2.24) is 10.2 Å². The molecule has 0 aromatic heterocycles. The molecule has 0 bridgehead atoms. The molecule has 0 aliphatic carbocycles. The lowest BCUT2D eigenvalue weighted by Gasteiger charge is -2.33. The third kappa shape index (κ3) is 5.76. The Balaban J connectivity index is 1.64. The molecule has 2 atom stereocenters. The Morgan fingerprint density at radius 1 is 1.14 bits per heavy atom. The fraction of sp³-hybridized carbons (Fsp3) is 0.435. The van der Waals surface area contributed by atoms with E-state index in [9.17, 15) is 9.00 Å². The van der Waals surface area contributed by atoms with Crippen LogP contribution in [0.25, 0.3) is 0 Å². The van der Waals surface area contributed by atoms with Gasteiger partial charge >= 0.3 is 0 Å². The molecule has 28 heavy (non-hydrogen) atoms. The van der Waals surface area contributed by atoms with Crippen LogP contribution in [0.2, 0.25) is 0 Å². The van der Waals surface area contributed by atoms with Gasteiger partial charge < -0.3 is 5.32 Å². The Kier molecular flexibility index (Phi) is 7.40. The summed E-state index contributed by atoms with van der Waals surface area (Å²) in [5.41, 5.74) is 3.99. The largest absolute Gasteiger partial charge is 0.348 e. The predicted octanol–water partition coefficient (Wildman–Crippen LogP) is 3.87. The summed E-state index contributed by atoms with van der Waals surface area (Å²) in [5, 5.41) is 3.05. The SMILES string of the molecule is C[C@H]1CCCCN1Cc1ccccc1CNC(=O)c1cccc(C[S@@](C)=O)c1. The second-order valence-corrected chi connectivity index (χ2v) is 9.12. The lowest BCUT2D eigenvalue weighted by atomic mass is 10.0. The summed E-state index contributed by atoms with van der Waals surface area (Å²) in [6, 6.07) is 16.4. The van der Waals surface area contributed by atoms with Gasteiger partial charge in [0, 0.05) is 47.5 Å². The highest BCUT2D eigenvalue weighted by Crippen LogP contribution is 2.21. The molecule has 2 aromatic carbocycles. The molecule has 0 unspecified atom stereocenters. The Morgan fingerprint density at radius 2 is 1.93 bits per heavy atom. The maximum Gasteiger partial charge on any atom is 0.251 e. The highest BCUT2D eigenvalue weighted by atomic mass is 32.2. The minimum Gasteiger partial charge on any atom is -0.348 e. The van der Waals surface area contributed by atoms with Crippen LogP contribution in [0.4, 0.5) is 0 Å². The van der Waals surface area contributed by atoms with E-state index in [1.807, 2.05) is 24.3 Å². The maximum atomic E-state index is 12.6. The average molecular weight is 399 g/mol. The maximum absolute atomic E-state index is 12.6. The van der Waals surface area contributed by atoms with Crippen LogP contribution < -0.4 is 5.32 Å². The molecule has 0 saturated carbocycles. The zero-order valence-electron chi connectivity index (χ0n) is 16.8. The summed E-state index contributed by atoms with van der Waals surface area (Å²) in [6.07, 6.45) is 5.52. The summed E-state index contributed by atoms with van der Waals surface area (Å²) in [6.45, 7) is 4.90. The number of hydrogen-bond donors (Lipinski definition) is 1. The van der Waals surface area contributed by atoms with E-state index in [1.54, 1.807) is 12.3 Å². The van der Waals surface area contributed by atoms with Crippen molar-refractivity contribution < 1.29 is 9.00 Å². The number of nitrogens with one attached hydrogen (secondary N) is 1. The fourth-order valence-electron chi connectivity index (χ4n) is 3.81. The van der Waals surface area contributed by atoms with Crippen LogP contribution in [0, 0.1) is 0 Å².